The van der Waals surface area contributed by atoms with E-state index in [1.807, 2.05) is 31.3 Å². The van der Waals surface area contributed by atoms with Crippen LogP contribution in [0.25, 0.3) is 10.9 Å². The van der Waals surface area contributed by atoms with Crippen molar-refractivity contribution in [2.75, 3.05) is 6.54 Å². The van der Waals surface area contributed by atoms with Crippen LogP contribution in [-0.2, 0) is 4.79 Å². The number of rotatable bonds is 2. The first-order valence-corrected chi connectivity index (χ1v) is 6.78. The number of carboxylic acid groups (broad SMARTS) is 1. The van der Waals surface area contributed by atoms with E-state index < -0.39 is 18.0 Å². The summed E-state index contributed by atoms with van der Waals surface area (Å²) in [4.78, 5) is 14.3. The Hall–Kier alpha value is -1.85. The van der Waals surface area contributed by atoms with Crippen molar-refractivity contribution in [3.8, 4) is 0 Å². The summed E-state index contributed by atoms with van der Waals surface area (Å²) in [5, 5.41) is 23.4. The first kappa shape index (κ1) is 13.1. The van der Waals surface area contributed by atoms with Gasteiger partial charge in [-0.3, -0.25) is 4.79 Å². The van der Waals surface area contributed by atoms with Gasteiger partial charge in [0.1, 0.15) is 0 Å². The standard InChI is InChI=1S/C15H18N2O3/c1-8-3-2-4-9-10(6-17-14(8)9)12-5-13(18)11(7-16-12)15(19)20/h2-4,6,11-13,16-18H,5,7H2,1H3,(H,19,20). The molecule has 3 unspecified atom stereocenters. The van der Waals surface area contributed by atoms with Crippen molar-refractivity contribution in [2.45, 2.75) is 25.5 Å². The van der Waals surface area contributed by atoms with Gasteiger partial charge < -0.3 is 20.5 Å². The number of aromatic amines is 1. The molecule has 0 amide bonds. The molecule has 0 bridgehead atoms. The zero-order chi connectivity index (χ0) is 14.3. The van der Waals surface area contributed by atoms with Gasteiger partial charge in [-0.2, -0.15) is 0 Å². The molecule has 2 heterocycles. The van der Waals surface area contributed by atoms with Crippen molar-refractivity contribution in [1.29, 1.82) is 0 Å². The highest BCUT2D eigenvalue weighted by atomic mass is 16.4. The molecular formula is C15H18N2O3. The summed E-state index contributed by atoms with van der Waals surface area (Å²) in [5.74, 6) is -1.67. The second kappa shape index (κ2) is 4.92. The van der Waals surface area contributed by atoms with Gasteiger partial charge in [-0.25, -0.2) is 0 Å². The van der Waals surface area contributed by atoms with Gasteiger partial charge in [0.25, 0.3) is 0 Å². The molecule has 4 N–H and O–H groups in total. The van der Waals surface area contributed by atoms with Gasteiger partial charge in [0.05, 0.1) is 12.0 Å². The molecule has 3 atom stereocenters. The van der Waals surface area contributed by atoms with Crippen LogP contribution in [0.1, 0.15) is 23.6 Å². The lowest BCUT2D eigenvalue weighted by Gasteiger charge is -2.31. The maximum Gasteiger partial charge on any atom is 0.310 e. The number of aliphatic hydroxyl groups is 1. The summed E-state index contributed by atoms with van der Waals surface area (Å²) in [7, 11) is 0. The molecule has 0 saturated carbocycles. The maximum atomic E-state index is 11.0. The Labute approximate surface area is 116 Å². The number of H-pyrrole nitrogens is 1. The van der Waals surface area contributed by atoms with Crippen LogP contribution >= 0.6 is 0 Å². The Morgan fingerprint density at radius 2 is 2.20 bits per heavy atom. The average molecular weight is 274 g/mol. The fourth-order valence-electron chi connectivity index (χ4n) is 3.00. The first-order chi connectivity index (χ1) is 9.58. The summed E-state index contributed by atoms with van der Waals surface area (Å²) in [6.45, 7) is 2.34. The smallest absolute Gasteiger partial charge is 0.310 e. The molecule has 0 radical (unpaired) electrons. The summed E-state index contributed by atoms with van der Waals surface area (Å²) >= 11 is 0. The number of hydrogen-bond acceptors (Lipinski definition) is 3. The molecule has 1 aliphatic heterocycles. The predicted molar refractivity (Wildman–Crippen MR) is 75.5 cm³/mol. The molecule has 1 aliphatic rings. The quantitative estimate of drug-likeness (QED) is 0.669. The van der Waals surface area contributed by atoms with Crippen molar-refractivity contribution in [3.05, 3.63) is 35.5 Å². The van der Waals surface area contributed by atoms with Crippen LogP contribution in [0.4, 0.5) is 0 Å². The van der Waals surface area contributed by atoms with Crippen LogP contribution in [0.15, 0.2) is 24.4 Å². The third kappa shape index (κ3) is 2.09. The fourth-order valence-corrected chi connectivity index (χ4v) is 3.00. The lowest BCUT2D eigenvalue weighted by molar-refractivity contribution is -0.147. The molecular weight excluding hydrogens is 256 g/mol. The monoisotopic (exact) mass is 274 g/mol. The second-order valence-corrected chi connectivity index (χ2v) is 5.45. The van der Waals surface area contributed by atoms with Crippen molar-refractivity contribution in [1.82, 2.24) is 10.3 Å². The Morgan fingerprint density at radius 1 is 1.40 bits per heavy atom. The molecule has 0 aliphatic carbocycles. The number of carbonyl (C=O) groups is 1. The summed E-state index contributed by atoms with van der Waals surface area (Å²) in [5.41, 5.74) is 3.36. The van der Waals surface area contributed by atoms with E-state index in [1.54, 1.807) is 0 Å². The van der Waals surface area contributed by atoms with Crippen molar-refractivity contribution in [3.63, 3.8) is 0 Å². The Bertz CT molecular complexity index is 650. The highest BCUT2D eigenvalue weighted by Gasteiger charge is 2.34. The molecule has 1 fully saturated rings. The number of benzene rings is 1. The molecule has 5 heteroatoms. The second-order valence-electron chi connectivity index (χ2n) is 5.45. The normalized spacial score (nSPS) is 26.8. The highest BCUT2D eigenvalue weighted by molar-refractivity contribution is 5.86. The molecule has 1 saturated heterocycles. The van der Waals surface area contributed by atoms with Gasteiger partial charge in [0.2, 0.25) is 0 Å². The topological polar surface area (TPSA) is 85.3 Å². The van der Waals surface area contributed by atoms with Crippen LogP contribution in [0, 0.1) is 12.8 Å². The van der Waals surface area contributed by atoms with E-state index in [9.17, 15) is 9.90 Å². The predicted octanol–water partition coefficient (Wildman–Crippen LogP) is 1.57. The molecule has 5 nitrogen and oxygen atoms in total. The molecule has 20 heavy (non-hydrogen) atoms. The number of hydrogen-bond donors (Lipinski definition) is 4. The van der Waals surface area contributed by atoms with E-state index in [0.29, 0.717) is 13.0 Å². The van der Waals surface area contributed by atoms with Gasteiger partial charge in [-0.05, 0) is 24.5 Å². The SMILES string of the molecule is Cc1cccc2c(C3CC(O)C(C(=O)O)CN3)c[nH]c12. The van der Waals surface area contributed by atoms with Gasteiger partial charge in [0.15, 0.2) is 0 Å². The largest absolute Gasteiger partial charge is 0.481 e. The van der Waals surface area contributed by atoms with Crippen LogP contribution in [0.5, 0.6) is 0 Å². The number of carboxylic acids is 1. The van der Waals surface area contributed by atoms with Gasteiger partial charge in [0, 0.05) is 29.7 Å². The number of aliphatic carboxylic acids is 1. The molecule has 106 valence electrons. The maximum absolute atomic E-state index is 11.0. The van der Waals surface area contributed by atoms with Crippen LogP contribution < -0.4 is 5.32 Å². The van der Waals surface area contributed by atoms with E-state index in [0.717, 1.165) is 16.5 Å². The number of aromatic nitrogens is 1. The molecule has 2 aromatic rings. The summed E-state index contributed by atoms with van der Waals surface area (Å²) < 4.78 is 0. The van der Waals surface area contributed by atoms with Crippen LogP contribution in [0.2, 0.25) is 0 Å². The zero-order valence-corrected chi connectivity index (χ0v) is 11.3. The Morgan fingerprint density at radius 3 is 2.90 bits per heavy atom. The lowest BCUT2D eigenvalue weighted by atomic mass is 9.88. The average Bonchev–Trinajstić information content (AvgIpc) is 2.83. The molecule has 3 rings (SSSR count). The fraction of sp³-hybridized carbons (Fsp3) is 0.400. The van der Waals surface area contributed by atoms with E-state index in [1.165, 1.54) is 5.56 Å². The molecule has 1 aromatic heterocycles. The van der Waals surface area contributed by atoms with E-state index in [-0.39, 0.29) is 6.04 Å². The molecule has 1 aromatic carbocycles. The minimum absolute atomic E-state index is 0.0175. The van der Waals surface area contributed by atoms with E-state index in [2.05, 4.69) is 10.3 Å². The van der Waals surface area contributed by atoms with E-state index >= 15 is 0 Å². The van der Waals surface area contributed by atoms with E-state index in [4.69, 9.17) is 5.11 Å². The minimum atomic E-state index is -0.946. The lowest BCUT2D eigenvalue weighted by Crippen LogP contribution is -2.45. The third-order valence-electron chi connectivity index (χ3n) is 4.17. The van der Waals surface area contributed by atoms with Crippen molar-refractivity contribution >= 4 is 16.9 Å². The minimum Gasteiger partial charge on any atom is -0.481 e. The number of aryl methyl sites for hydroxylation is 1. The van der Waals surface area contributed by atoms with Crippen molar-refractivity contribution in [2.24, 2.45) is 5.92 Å². The van der Waals surface area contributed by atoms with Gasteiger partial charge >= 0.3 is 5.97 Å². The highest BCUT2D eigenvalue weighted by Crippen LogP contribution is 2.32. The summed E-state index contributed by atoms with van der Waals surface area (Å²) in [6, 6.07) is 6.09. The van der Waals surface area contributed by atoms with Crippen molar-refractivity contribution < 1.29 is 15.0 Å². The third-order valence-corrected chi connectivity index (χ3v) is 4.17. The number of para-hydroxylation sites is 1. The number of aliphatic hydroxyl groups excluding tert-OH is 1. The van der Waals surface area contributed by atoms with Crippen LogP contribution in [-0.4, -0.2) is 33.8 Å². The first-order valence-electron chi connectivity index (χ1n) is 6.78. The van der Waals surface area contributed by atoms with Gasteiger partial charge in [-0.1, -0.05) is 18.2 Å². The Kier molecular flexibility index (Phi) is 3.23. The Balaban J connectivity index is 1.90. The molecule has 0 spiro atoms. The summed E-state index contributed by atoms with van der Waals surface area (Å²) in [6.07, 6.45) is 1.55. The zero-order valence-electron chi connectivity index (χ0n) is 11.3. The van der Waals surface area contributed by atoms with Gasteiger partial charge in [-0.15, -0.1) is 0 Å². The van der Waals surface area contributed by atoms with Crippen LogP contribution in [0.3, 0.4) is 0 Å². The number of nitrogens with one attached hydrogen (secondary N) is 2. The number of piperidine rings is 1. The number of fused-ring (bicyclic) bond motifs is 1.